The molecule has 2 aromatic rings. The molecule has 2 aromatic heterocycles. The molecule has 1 aliphatic heterocycles. The second kappa shape index (κ2) is 6.57. The summed E-state index contributed by atoms with van der Waals surface area (Å²) in [6, 6.07) is 6.87. The molecule has 0 radical (unpaired) electrons. The number of hydrogen-bond donors (Lipinski definition) is 1. The van der Waals surface area contributed by atoms with E-state index in [0.717, 1.165) is 18.8 Å². The number of pyridine rings is 1. The minimum absolute atomic E-state index is 0.0119. The maximum Gasteiger partial charge on any atom is 0.311 e. The molecule has 0 aromatic carbocycles. The molecule has 0 spiro atoms. The lowest BCUT2D eigenvalue weighted by atomic mass is 10.2. The van der Waals surface area contributed by atoms with E-state index in [9.17, 15) is 10.1 Å². The fourth-order valence-corrected chi connectivity index (χ4v) is 2.82. The van der Waals surface area contributed by atoms with E-state index in [2.05, 4.69) is 15.2 Å². The Hall–Kier alpha value is -2.41. The van der Waals surface area contributed by atoms with Crippen molar-refractivity contribution in [2.24, 2.45) is 0 Å². The smallest absolute Gasteiger partial charge is 0.311 e. The first-order valence-electron chi connectivity index (χ1n) is 7.36. The second-order valence-electron chi connectivity index (χ2n) is 5.28. The number of rotatable bonds is 6. The molecule has 7 nitrogen and oxygen atoms in total. The van der Waals surface area contributed by atoms with Gasteiger partial charge >= 0.3 is 5.69 Å². The first-order chi connectivity index (χ1) is 10.8. The Bertz CT molecular complexity index is 623. The van der Waals surface area contributed by atoms with Crippen LogP contribution in [0.15, 0.2) is 41.1 Å². The second-order valence-corrected chi connectivity index (χ2v) is 5.28. The van der Waals surface area contributed by atoms with Crippen LogP contribution in [0.25, 0.3) is 0 Å². The molecule has 116 valence electrons. The van der Waals surface area contributed by atoms with Crippen LogP contribution >= 0.6 is 0 Å². The van der Waals surface area contributed by atoms with E-state index in [1.165, 1.54) is 18.9 Å². The van der Waals surface area contributed by atoms with E-state index < -0.39 is 4.92 Å². The summed E-state index contributed by atoms with van der Waals surface area (Å²) >= 11 is 0. The quantitative estimate of drug-likeness (QED) is 0.652. The van der Waals surface area contributed by atoms with Crippen molar-refractivity contribution in [1.29, 1.82) is 0 Å². The number of hydrogen-bond acceptors (Lipinski definition) is 6. The summed E-state index contributed by atoms with van der Waals surface area (Å²) in [6.07, 6.45) is 5.54. The Balaban J connectivity index is 1.76. The molecular weight excluding hydrogens is 284 g/mol. The lowest BCUT2D eigenvalue weighted by Gasteiger charge is -2.26. The number of nitrogens with zero attached hydrogens (tertiary/aromatic N) is 3. The van der Waals surface area contributed by atoms with Gasteiger partial charge in [-0.25, -0.2) is 4.98 Å². The Morgan fingerprint density at radius 2 is 2.18 bits per heavy atom. The maximum atomic E-state index is 11.0. The molecule has 1 unspecified atom stereocenters. The highest BCUT2D eigenvalue weighted by Gasteiger charge is 2.26. The number of anilines is 1. The Kier molecular flexibility index (Phi) is 4.34. The normalized spacial score (nSPS) is 16.5. The largest absolute Gasteiger partial charge is 0.468 e. The van der Waals surface area contributed by atoms with Crippen LogP contribution in [0, 0.1) is 10.1 Å². The number of nitrogens with one attached hydrogen (secondary N) is 1. The summed E-state index contributed by atoms with van der Waals surface area (Å²) in [5.74, 6) is 1.16. The molecule has 1 atom stereocenters. The zero-order chi connectivity index (χ0) is 15.4. The van der Waals surface area contributed by atoms with Gasteiger partial charge in [-0.2, -0.15) is 0 Å². The van der Waals surface area contributed by atoms with Crippen LogP contribution in [0.4, 0.5) is 11.5 Å². The van der Waals surface area contributed by atoms with Crippen LogP contribution in [-0.4, -0.2) is 34.4 Å². The van der Waals surface area contributed by atoms with Gasteiger partial charge in [0.15, 0.2) is 0 Å². The Labute approximate surface area is 128 Å². The summed E-state index contributed by atoms with van der Waals surface area (Å²) in [6.45, 7) is 2.54. The molecule has 22 heavy (non-hydrogen) atoms. The molecule has 1 N–H and O–H groups in total. The highest BCUT2D eigenvalue weighted by Crippen LogP contribution is 2.27. The van der Waals surface area contributed by atoms with Crippen LogP contribution < -0.4 is 5.32 Å². The molecule has 0 bridgehead atoms. The molecule has 1 aliphatic rings. The molecule has 7 heteroatoms. The molecular formula is C15H18N4O3. The summed E-state index contributed by atoms with van der Waals surface area (Å²) in [5, 5.41) is 14.2. The van der Waals surface area contributed by atoms with Crippen LogP contribution in [0.2, 0.25) is 0 Å². The summed E-state index contributed by atoms with van der Waals surface area (Å²) < 4.78 is 5.54. The number of likely N-dealkylation sites (tertiary alicyclic amines) is 1. The van der Waals surface area contributed by atoms with Gasteiger partial charge in [-0.05, 0) is 44.1 Å². The zero-order valence-electron chi connectivity index (χ0n) is 12.1. The fourth-order valence-electron chi connectivity index (χ4n) is 2.82. The van der Waals surface area contributed by atoms with E-state index in [1.54, 1.807) is 18.5 Å². The molecule has 3 heterocycles. The lowest BCUT2D eigenvalue weighted by molar-refractivity contribution is -0.384. The zero-order valence-corrected chi connectivity index (χ0v) is 12.1. The number of furan rings is 1. The predicted octanol–water partition coefficient (Wildman–Crippen LogP) is 2.83. The van der Waals surface area contributed by atoms with Gasteiger partial charge in [0.25, 0.3) is 0 Å². The van der Waals surface area contributed by atoms with E-state index in [0.29, 0.717) is 12.4 Å². The van der Waals surface area contributed by atoms with E-state index in [-0.39, 0.29) is 11.7 Å². The summed E-state index contributed by atoms with van der Waals surface area (Å²) in [4.78, 5) is 17.0. The van der Waals surface area contributed by atoms with Crippen molar-refractivity contribution in [3.63, 3.8) is 0 Å². The van der Waals surface area contributed by atoms with Gasteiger partial charge in [0, 0.05) is 18.8 Å². The van der Waals surface area contributed by atoms with Crippen molar-refractivity contribution in [2.75, 3.05) is 25.0 Å². The third kappa shape index (κ3) is 3.09. The van der Waals surface area contributed by atoms with Crippen molar-refractivity contribution in [1.82, 2.24) is 9.88 Å². The van der Waals surface area contributed by atoms with Gasteiger partial charge in [0.1, 0.15) is 5.76 Å². The average molecular weight is 302 g/mol. The van der Waals surface area contributed by atoms with Gasteiger partial charge in [-0.1, -0.05) is 0 Å². The highest BCUT2D eigenvalue weighted by molar-refractivity contribution is 5.55. The van der Waals surface area contributed by atoms with Crippen molar-refractivity contribution < 1.29 is 9.34 Å². The molecule has 0 amide bonds. The summed E-state index contributed by atoms with van der Waals surface area (Å²) in [5.41, 5.74) is -0.0119. The monoisotopic (exact) mass is 302 g/mol. The molecule has 0 aliphatic carbocycles. The predicted molar refractivity (Wildman–Crippen MR) is 81.6 cm³/mol. The first-order valence-corrected chi connectivity index (χ1v) is 7.36. The molecule has 3 rings (SSSR count). The fraction of sp³-hybridized carbons (Fsp3) is 0.400. The Morgan fingerprint density at radius 3 is 2.86 bits per heavy atom. The molecule has 1 fully saturated rings. The standard InChI is InChI=1S/C15H18N4O3/c20-19(21)12-5-3-7-16-15(12)17-11-13(14-6-4-10-22-14)18-8-1-2-9-18/h3-7,10,13H,1-2,8-9,11H2,(H,16,17). The third-order valence-electron chi connectivity index (χ3n) is 3.90. The lowest BCUT2D eigenvalue weighted by Crippen LogP contribution is -2.31. The van der Waals surface area contributed by atoms with Crippen molar-refractivity contribution >= 4 is 11.5 Å². The molecule has 0 saturated carbocycles. The van der Waals surface area contributed by atoms with E-state index >= 15 is 0 Å². The maximum absolute atomic E-state index is 11.0. The van der Waals surface area contributed by atoms with E-state index in [4.69, 9.17) is 4.42 Å². The average Bonchev–Trinajstić information content (AvgIpc) is 3.21. The van der Waals surface area contributed by atoms with Crippen LogP contribution in [0.3, 0.4) is 0 Å². The van der Waals surface area contributed by atoms with Crippen LogP contribution in [-0.2, 0) is 0 Å². The highest BCUT2D eigenvalue weighted by atomic mass is 16.6. The SMILES string of the molecule is O=[N+]([O-])c1cccnc1NCC(c1ccco1)N1CCCC1. The first kappa shape index (κ1) is 14.5. The minimum atomic E-state index is -0.424. The topological polar surface area (TPSA) is 84.4 Å². The number of aromatic nitrogens is 1. The van der Waals surface area contributed by atoms with Gasteiger partial charge in [0.05, 0.1) is 17.2 Å². The van der Waals surface area contributed by atoms with E-state index in [1.807, 2.05) is 12.1 Å². The van der Waals surface area contributed by atoms with Crippen molar-refractivity contribution in [2.45, 2.75) is 18.9 Å². The van der Waals surface area contributed by atoms with Crippen molar-refractivity contribution in [3.8, 4) is 0 Å². The van der Waals surface area contributed by atoms with Gasteiger partial charge < -0.3 is 9.73 Å². The number of nitro groups is 1. The Morgan fingerprint density at radius 1 is 1.36 bits per heavy atom. The van der Waals surface area contributed by atoms with Crippen LogP contribution in [0.1, 0.15) is 24.6 Å². The van der Waals surface area contributed by atoms with Gasteiger partial charge in [0.2, 0.25) is 5.82 Å². The van der Waals surface area contributed by atoms with Crippen LogP contribution in [0.5, 0.6) is 0 Å². The minimum Gasteiger partial charge on any atom is -0.468 e. The third-order valence-corrected chi connectivity index (χ3v) is 3.90. The summed E-state index contributed by atoms with van der Waals surface area (Å²) in [7, 11) is 0. The molecule has 1 saturated heterocycles. The van der Waals surface area contributed by atoms with Gasteiger partial charge in [-0.3, -0.25) is 15.0 Å². The van der Waals surface area contributed by atoms with Gasteiger partial charge in [-0.15, -0.1) is 0 Å². The van der Waals surface area contributed by atoms with Crippen molar-refractivity contribution in [3.05, 3.63) is 52.6 Å².